The van der Waals surface area contributed by atoms with Gasteiger partial charge in [0.05, 0.1) is 11.3 Å². The van der Waals surface area contributed by atoms with E-state index in [1.54, 1.807) is 7.11 Å². The first kappa shape index (κ1) is 21.6. The highest BCUT2D eigenvalue weighted by atomic mass is 28.4. The number of fused-ring (bicyclic) bond motifs is 5. The Hall–Kier alpha value is -1.66. The molecule has 30 heavy (non-hydrogen) atoms. The molecule has 0 N–H and O–H groups in total. The molecule has 164 valence electrons. The molecular formula is C24H35NO4Si. The first-order valence-electron chi connectivity index (χ1n) is 11.2. The van der Waals surface area contributed by atoms with E-state index in [1.807, 2.05) is 6.07 Å². The first-order chi connectivity index (χ1) is 14.1. The summed E-state index contributed by atoms with van der Waals surface area (Å²) in [6.45, 7) is 10.7. The molecule has 0 aromatic heterocycles. The third-order valence-electron chi connectivity index (χ3n) is 7.53. The minimum absolute atomic E-state index is 0.0698. The summed E-state index contributed by atoms with van der Waals surface area (Å²) in [5, 5.41) is 4.48. The van der Waals surface area contributed by atoms with Crippen LogP contribution in [0.5, 0.6) is 5.75 Å². The van der Waals surface area contributed by atoms with Crippen LogP contribution >= 0.6 is 0 Å². The molecule has 6 heteroatoms. The van der Waals surface area contributed by atoms with Crippen molar-refractivity contribution in [1.29, 1.82) is 0 Å². The van der Waals surface area contributed by atoms with Gasteiger partial charge in [-0.05, 0) is 93.3 Å². The molecule has 4 atom stereocenters. The first-order valence-corrected chi connectivity index (χ1v) is 14.6. The number of hydrogen-bond donors (Lipinski definition) is 0. The maximum atomic E-state index is 11.4. The Kier molecular flexibility index (Phi) is 5.38. The molecule has 0 bridgehead atoms. The van der Waals surface area contributed by atoms with Crippen molar-refractivity contribution in [2.45, 2.75) is 83.5 Å². The van der Waals surface area contributed by atoms with Gasteiger partial charge in [0.15, 0.2) is 8.32 Å². The molecule has 3 aliphatic rings. The van der Waals surface area contributed by atoms with Crippen LogP contribution in [0.15, 0.2) is 23.4 Å². The van der Waals surface area contributed by atoms with Gasteiger partial charge in [0.1, 0.15) is 12.9 Å². The Morgan fingerprint density at radius 3 is 2.60 bits per heavy atom. The molecule has 0 radical (unpaired) electrons. The summed E-state index contributed by atoms with van der Waals surface area (Å²) < 4.78 is 12.5. The Balaban J connectivity index is 1.75. The van der Waals surface area contributed by atoms with Crippen LogP contribution in [0.3, 0.4) is 0 Å². The van der Waals surface area contributed by atoms with Crippen LogP contribution in [0.4, 0.5) is 0 Å². The van der Waals surface area contributed by atoms with E-state index in [9.17, 15) is 4.79 Å². The quantitative estimate of drug-likeness (QED) is 0.277. The number of ether oxygens (including phenoxy) is 1. The lowest BCUT2D eigenvalue weighted by atomic mass is 9.53. The number of benzene rings is 1. The monoisotopic (exact) mass is 429 g/mol. The van der Waals surface area contributed by atoms with Gasteiger partial charge in [0.25, 0.3) is 0 Å². The Morgan fingerprint density at radius 2 is 1.93 bits per heavy atom. The van der Waals surface area contributed by atoms with E-state index in [4.69, 9.17) is 14.0 Å². The molecule has 1 aromatic carbocycles. The van der Waals surface area contributed by atoms with Crippen molar-refractivity contribution in [2.75, 3.05) is 7.11 Å². The summed E-state index contributed by atoms with van der Waals surface area (Å²) in [5.41, 5.74) is 3.67. The maximum absolute atomic E-state index is 11.4. The van der Waals surface area contributed by atoms with Crippen molar-refractivity contribution in [3.63, 3.8) is 0 Å². The summed E-state index contributed by atoms with van der Waals surface area (Å²) >= 11 is 0. The van der Waals surface area contributed by atoms with Crippen LogP contribution in [-0.4, -0.2) is 32.7 Å². The minimum Gasteiger partial charge on any atom is -0.427 e. The summed E-state index contributed by atoms with van der Waals surface area (Å²) in [6, 6.07) is 6.21. The molecule has 0 saturated heterocycles. The lowest BCUT2D eigenvalue weighted by Gasteiger charge is -2.58. The highest BCUT2D eigenvalue weighted by molar-refractivity contribution is 6.69. The molecule has 0 spiro atoms. The fraction of sp³-hybridized carbons (Fsp3) is 0.667. The van der Waals surface area contributed by atoms with Gasteiger partial charge in [0, 0.05) is 12.3 Å². The van der Waals surface area contributed by atoms with E-state index in [2.05, 4.69) is 43.9 Å². The van der Waals surface area contributed by atoms with Crippen molar-refractivity contribution in [2.24, 2.45) is 16.5 Å². The van der Waals surface area contributed by atoms with Crippen LogP contribution in [0.1, 0.15) is 63.0 Å². The van der Waals surface area contributed by atoms with Gasteiger partial charge in [-0.3, -0.25) is 4.79 Å². The molecule has 0 amide bonds. The zero-order chi connectivity index (χ0) is 21.7. The fourth-order valence-corrected chi connectivity index (χ4v) is 8.14. The van der Waals surface area contributed by atoms with Crippen molar-refractivity contribution >= 4 is 20.0 Å². The molecule has 0 heterocycles. The molecule has 4 rings (SSSR count). The smallest absolute Gasteiger partial charge is 0.308 e. The number of rotatable bonds is 4. The number of carbonyl (C=O) groups excluding carboxylic acids is 1. The Bertz CT molecular complexity index is 876. The van der Waals surface area contributed by atoms with Gasteiger partial charge < -0.3 is 14.0 Å². The second kappa shape index (κ2) is 7.48. The van der Waals surface area contributed by atoms with Crippen LogP contribution in [-0.2, 0) is 20.5 Å². The second-order valence-corrected chi connectivity index (χ2v) is 14.8. The van der Waals surface area contributed by atoms with Crippen LogP contribution in [0, 0.1) is 11.3 Å². The van der Waals surface area contributed by atoms with Gasteiger partial charge in [-0.1, -0.05) is 18.1 Å². The zero-order valence-corrected chi connectivity index (χ0v) is 20.2. The topological polar surface area (TPSA) is 57.1 Å². The summed E-state index contributed by atoms with van der Waals surface area (Å²) in [4.78, 5) is 16.6. The number of nitrogens with zero attached hydrogens (tertiary/aromatic N) is 1. The van der Waals surface area contributed by atoms with E-state index in [0.717, 1.165) is 38.5 Å². The van der Waals surface area contributed by atoms with Gasteiger partial charge in [-0.2, -0.15) is 0 Å². The molecule has 0 aliphatic heterocycles. The van der Waals surface area contributed by atoms with Crippen molar-refractivity contribution in [3.05, 3.63) is 29.3 Å². The van der Waals surface area contributed by atoms with E-state index < -0.39 is 8.32 Å². The average Bonchev–Trinajstić information content (AvgIpc) is 2.92. The summed E-state index contributed by atoms with van der Waals surface area (Å²) in [7, 11) is -0.136. The molecule has 1 aromatic rings. The van der Waals surface area contributed by atoms with Crippen molar-refractivity contribution < 1.29 is 18.8 Å². The number of oxime groups is 1. The molecule has 5 nitrogen and oxygen atoms in total. The van der Waals surface area contributed by atoms with Gasteiger partial charge >= 0.3 is 5.97 Å². The molecular weight excluding hydrogens is 394 g/mol. The number of carbonyl (C=O) groups is 1. The highest BCUT2D eigenvalue weighted by Crippen LogP contribution is 2.64. The van der Waals surface area contributed by atoms with Crippen molar-refractivity contribution in [3.8, 4) is 5.75 Å². The molecule has 0 unspecified atom stereocenters. The zero-order valence-electron chi connectivity index (χ0n) is 19.2. The van der Waals surface area contributed by atoms with Gasteiger partial charge in [0.2, 0.25) is 0 Å². The van der Waals surface area contributed by atoms with Crippen LogP contribution in [0.2, 0.25) is 19.6 Å². The normalized spacial score (nSPS) is 34.1. The summed E-state index contributed by atoms with van der Waals surface area (Å²) in [6.07, 6.45) is 6.26. The highest BCUT2D eigenvalue weighted by Gasteiger charge is 2.65. The standard InChI is InChI=1S/C24H35NO4Si/c1-16(26)28-18-8-9-19-17(15-18)7-10-21-20(19)11-13-23(2)22(25-27-3)12-14-24(21,23)29-30(4,5)6/h8-9,15,20-21H,7,10-14H2,1-6H3/b25-22+/t20-,21-,23-,24-/m1/s1. The molecule has 2 fully saturated rings. The predicted octanol–water partition coefficient (Wildman–Crippen LogP) is 5.44. The van der Waals surface area contributed by atoms with E-state index in [-0.39, 0.29) is 17.0 Å². The lowest BCUT2D eigenvalue weighted by Crippen LogP contribution is -2.61. The van der Waals surface area contributed by atoms with Crippen molar-refractivity contribution in [1.82, 2.24) is 0 Å². The van der Waals surface area contributed by atoms with Gasteiger partial charge in [-0.25, -0.2) is 0 Å². The Morgan fingerprint density at radius 1 is 1.17 bits per heavy atom. The third-order valence-corrected chi connectivity index (χ3v) is 8.51. The number of esters is 1. The minimum atomic E-state index is -1.79. The second-order valence-electron chi connectivity index (χ2n) is 10.4. The van der Waals surface area contributed by atoms with E-state index >= 15 is 0 Å². The molecule has 3 aliphatic carbocycles. The lowest BCUT2D eigenvalue weighted by molar-refractivity contribution is -0.131. The Labute approximate surface area is 181 Å². The summed E-state index contributed by atoms with van der Waals surface area (Å²) in [5.74, 6) is 1.34. The number of hydrogen-bond acceptors (Lipinski definition) is 5. The van der Waals surface area contributed by atoms with E-state index in [0.29, 0.717) is 17.6 Å². The average molecular weight is 430 g/mol. The third kappa shape index (κ3) is 3.42. The SMILES string of the molecule is CO/N=C1\CC[C@@]2(O[Si](C)(C)C)[C@@H]3CCc4cc(OC(C)=O)ccc4[C@H]3CC[C@]12C. The van der Waals surface area contributed by atoms with Gasteiger partial charge in [-0.15, -0.1) is 0 Å². The van der Waals surface area contributed by atoms with Crippen LogP contribution in [0.25, 0.3) is 0 Å². The molecule has 2 saturated carbocycles. The largest absolute Gasteiger partial charge is 0.427 e. The fourth-order valence-electron chi connectivity index (χ4n) is 6.57. The van der Waals surface area contributed by atoms with Crippen LogP contribution < -0.4 is 4.74 Å². The predicted molar refractivity (Wildman–Crippen MR) is 120 cm³/mol. The maximum Gasteiger partial charge on any atom is 0.308 e. The number of aryl methyl sites for hydroxylation is 1. The van der Waals surface area contributed by atoms with E-state index in [1.165, 1.54) is 23.8 Å².